The SMILES string of the molecule is CCCC(NC(C)c1nccs1)c1ccccc1. The molecule has 0 saturated carbocycles. The summed E-state index contributed by atoms with van der Waals surface area (Å²) >= 11 is 1.71. The number of benzene rings is 1. The quantitative estimate of drug-likeness (QED) is 0.836. The van der Waals surface area contributed by atoms with Crippen molar-refractivity contribution in [3.63, 3.8) is 0 Å². The minimum absolute atomic E-state index is 0.307. The molecule has 1 aromatic carbocycles. The largest absolute Gasteiger partial charge is 0.301 e. The Bertz CT molecular complexity index is 439. The van der Waals surface area contributed by atoms with Gasteiger partial charge in [0.2, 0.25) is 0 Å². The first kappa shape index (κ1) is 13.2. The molecule has 0 bridgehead atoms. The number of nitrogens with zero attached hydrogens (tertiary/aromatic N) is 1. The lowest BCUT2D eigenvalue weighted by molar-refractivity contribution is 0.438. The maximum absolute atomic E-state index is 4.38. The van der Waals surface area contributed by atoms with Crippen LogP contribution in [-0.4, -0.2) is 4.98 Å². The zero-order valence-corrected chi connectivity index (χ0v) is 11.8. The first-order valence-corrected chi connectivity index (χ1v) is 7.39. The number of aromatic nitrogens is 1. The van der Waals surface area contributed by atoms with E-state index in [1.54, 1.807) is 11.3 Å². The third-order valence-corrected chi connectivity index (χ3v) is 4.01. The summed E-state index contributed by atoms with van der Waals surface area (Å²) in [6.07, 6.45) is 4.20. The lowest BCUT2D eigenvalue weighted by Gasteiger charge is -2.22. The van der Waals surface area contributed by atoms with E-state index in [2.05, 4.69) is 54.5 Å². The average molecular weight is 260 g/mol. The van der Waals surface area contributed by atoms with Crippen molar-refractivity contribution in [3.8, 4) is 0 Å². The van der Waals surface area contributed by atoms with E-state index in [1.165, 1.54) is 12.0 Å². The van der Waals surface area contributed by atoms with Crippen molar-refractivity contribution >= 4 is 11.3 Å². The topological polar surface area (TPSA) is 24.9 Å². The van der Waals surface area contributed by atoms with E-state index < -0.39 is 0 Å². The smallest absolute Gasteiger partial charge is 0.109 e. The first-order chi connectivity index (χ1) is 8.81. The number of rotatable bonds is 6. The van der Waals surface area contributed by atoms with Gasteiger partial charge in [0, 0.05) is 17.6 Å². The van der Waals surface area contributed by atoms with Gasteiger partial charge >= 0.3 is 0 Å². The normalized spacial score (nSPS) is 14.3. The first-order valence-electron chi connectivity index (χ1n) is 6.51. The Morgan fingerprint density at radius 3 is 2.67 bits per heavy atom. The van der Waals surface area contributed by atoms with Gasteiger partial charge in [-0.1, -0.05) is 43.7 Å². The van der Waals surface area contributed by atoms with E-state index >= 15 is 0 Å². The highest BCUT2D eigenvalue weighted by atomic mass is 32.1. The molecule has 2 atom stereocenters. The van der Waals surface area contributed by atoms with Crippen molar-refractivity contribution < 1.29 is 0 Å². The van der Waals surface area contributed by atoms with Gasteiger partial charge in [0.05, 0.1) is 6.04 Å². The summed E-state index contributed by atoms with van der Waals surface area (Å²) in [4.78, 5) is 4.38. The second kappa shape index (κ2) is 6.66. The molecule has 0 fully saturated rings. The van der Waals surface area contributed by atoms with Gasteiger partial charge in [-0.25, -0.2) is 4.98 Å². The van der Waals surface area contributed by atoms with Crippen LogP contribution in [0.4, 0.5) is 0 Å². The molecule has 0 spiro atoms. The Kier molecular flexibility index (Phi) is 4.90. The van der Waals surface area contributed by atoms with Crippen LogP contribution in [0, 0.1) is 0 Å². The van der Waals surface area contributed by atoms with Crippen LogP contribution in [0.15, 0.2) is 41.9 Å². The standard InChI is InChI=1S/C15H20N2S/c1-3-7-14(13-8-5-4-6-9-13)17-12(2)15-16-10-11-18-15/h4-6,8-12,14,17H,3,7H2,1-2H3. The second-order valence-electron chi connectivity index (χ2n) is 4.51. The van der Waals surface area contributed by atoms with Gasteiger partial charge in [0.25, 0.3) is 0 Å². The Balaban J connectivity index is 2.07. The van der Waals surface area contributed by atoms with Gasteiger partial charge in [0.1, 0.15) is 5.01 Å². The van der Waals surface area contributed by atoms with Gasteiger partial charge in [-0.15, -0.1) is 11.3 Å². The van der Waals surface area contributed by atoms with Crippen molar-refractivity contribution in [2.45, 2.75) is 38.8 Å². The van der Waals surface area contributed by atoms with E-state index in [-0.39, 0.29) is 0 Å². The lowest BCUT2D eigenvalue weighted by atomic mass is 10.0. The molecular weight excluding hydrogens is 240 g/mol. The number of hydrogen-bond donors (Lipinski definition) is 1. The predicted molar refractivity (Wildman–Crippen MR) is 77.8 cm³/mol. The molecule has 2 aromatic rings. The highest BCUT2D eigenvalue weighted by molar-refractivity contribution is 7.09. The molecule has 2 nitrogen and oxygen atoms in total. The van der Waals surface area contributed by atoms with Crippen LogP contribution >= 0.6 is 11.3 Å². The van der Waals surface area contributed by atoms with Crippen molar-refractivity contribution in [1.29, 1.82) is 0 Å². The minimum Gasteiger partial charge on any atom is -0.301 e. The highest BCUT2D eigenvalue weighted by Gasteiger charge is 2.15. The molecule has 0 aliphatic heterocycles. The van der Waals surface area contributed by atoms with Crippen LogP contribution in [0.3, 0.4) is 0 Å². The fourth-order valence-corrected chi connectivity index (χ4v) is 2.80. The summed E-state index contributed by atoms with van der Waals surface area (Å²) in [6.45, 7) is 4.41. The Hall–Kier alpha value is -1.19. The van der Waals surface area contributed by atoms with Crippen LogP contribution in [0.25, 0.3) is 0 Å². The Morgan fingerprint density at radius 1 is 1.28 bits per heavy atom. The Morgan fingerprint density at radius 2 is 2.06 bits per heavy atom. The minimum atomic E-state index is 0.307. The summed E-state index contributed by atoms with van der Waals surface area (Å²) in [5, 5.41) is 6.88. The monoisotopic (exact) mass is 260 g/mol. The predicted octanol–water partition coefficient (Wildman–Crippen LogP) is 4.34. The second-order valence-corrected chi connectivity index (χ2v) is 5.44. The molecule has 0 aliphatic rings. The fraction of sp³-hybridized carbons (Fsp3) is 0.400. The summed E-state index contributed by atoms with van der Waals surface area (Å²) < 4.78 is 0. The fourth-order valence-electron chi connectivity index (χ4n) is 2.14. The van der Waals surface area contributed by atoms with Crippen LogP contribution in [0.5, 0.6) is 0 Å². The average Bonchev–Trinajstić information content (AvgIpc) is 2.93. The molecule has 2 rings (SSSR count). The maximum Gasteiger partial charge on any atom is 0.109 e. The number of thiazole rings is 1. The van der Waals surface area contributed by atoms with E-state index in [0.29, 0.717) is 12.1 Å². The third kappa shape index (κ3) is 3.40. The molecule has 1 heterocycles. The zero-order chi connectivity index (χ0) is 12.8. The highest BCUT2D eigenvalue weighted by Crippen LogP contribution is 2.24. The molecule has 3 heteroatoms. The van der Waals surface area contributed by atoms with Crippen LogP contribution < -0.4 is 5.32 Å². The molecule has 1 aromatic heterocycles. The molecule has 0 amide bonds. The summed E-state index contributed by atoms with van der Waals surface area (Å²) in [5.74, 6) is 0. The molecule has 1 N–H and O–H groups in total. The molecular formula is C15H20N2S. The van der Waals surface area contributed by atoms with Crippen LogP contribution in [0.2, 0.25) is 0 Å². The molecule has 18 heavy (non-hydrogen) atoms. The van der Waals surface area contributed by atoms with Gasteiger partial charge in [-0.3, -0.25) is 0 Å². The lowest BCUT2D eigenvalue weighted by Crippen LogP contribution is -2.24. The summed E-state index contributed by atoms with van der Waals surface area (Å²) in [5.41, 5.74) is 1.36. The number of hydrogen-bond acceptors (Lipinski definition) is 3. The van der Waals surface area contributed by atoms with Crippen molar-refractivity contribution in [1.82, 2.24) is 10.3 Å². The van der Waals surface area contributed by atoms with Crippen LogP contribution in [0.1, 0.15) is 49.3 Å². The van der Waals surface area contributed by atoms with E-state index in [9.17, 15) is 0 Å². The molecule has 0 saturated heterocycles. The van der Waals surface area contributed by atoms with Gasteiger partial charge in [-0.2, -0.15) is 0 Å². The van der Waals surface area contributed by atoms with Gasteiger partial charge < -0.3 is 5.32 Å². The van der Waals surface area contributed by atoms with Crippen molar-refractivity contribution in [2.24, 2.45) is 0 Å². The molecule has 0 radical (unpaired) electrons. The summed E-state index contributed by atoms with van der Waals surface area (Å²) in [6, 6.07) is 11.4. The van der Waals surface area contributed by atoms with Crippen LogP contribution in [-0.2, 0) is 0 Å². The zero-order valence-electron chi connectivity index (χ0n) is 11.0. The molecule has 0 aliphatic carbocycles. The third-order valence-electron chi connectivity index (χ3n) is 3.05. The Labute approximate surface area is 113 Å². The van der Waals surface area contributed by atoms with Gasteiger partial charge in [-0.05, 0) is 18.9 Å². The van der Waals surface area contributed by atoms with E-state index in [1.807, 2.05) is 11.6 Å². The summed E-state index contributed by atoms with van der Waals surface area (Å²) in [7, 11) is 0. The maximum atomic E-state index is 4.38. The molecule has 96 valence electrons. The van der Waals surface area contributed by atoms with Gasteiger partial charge in [0.15, 0.2) is 0 Å². The van der Waals surface area contributed by atoms with E-state index in [4.69, 9.17) is 0 Å². The number of nitrogens with one attached hydrogen (secondary N) is 1. The van der Waals surface area contributed by atoms with Crippen molar-refractivity contribution in [3.05, 3.63) is 52.5 Å². The van der Waals surface area contributed by atoms with E-state index in [0.717, 1.165) is 11.4 Å². The van der Waals surface area contributed by atoms with Crippen molar-refractivity contribution in [2.75, 3.05) is 0 Å². The molecule has 2 unspecified atom stereocenters.